The van der Waals surface area contributed by atoms with Crippen molar-refractivity contribution in [2.24, 2.45) is 0 Å². The summed E-state index contributed by atoms with van der Waals surface area (Å²) in [6.45, 7) is 11.4. The van der Waals surface area contributed by atoms with E-state index in [9.17, 15) is 9.59 Å². The molecule has 3 aliphatic heterocycles. The van der Waals surface area contributed by atoms with E-state index >= 15 is 0 Å². The van der Waals surface area contributed by atoms with Gasteiger partial charge in [-0.05, 0) is 176 Å². The van der Waals surface area contributed by atoms with E-state index in [1.54, 1.807) is 28.3 Å². The van der Waals surface area contributed by atoms with Crippen LogP contribution in [0.25, 0.3) is 0 Å². The van der Waals surface area contributed by atoms with E-state index in [0.717, 1.165) is 60.6 Å². The lowest BCUT2D eigenvalue weighted by Gasteiger charge is -2.44. The highest BCUT2D eigenvalue weighted by molar-refractivity contribution is 9.08. The molecule has 0 radical (unpaired) electrons. The fourth-order valence-corrected chi connectivity index (χ4v) is 12.1. The number of hydrogen-bond acceptors (Lipinski definition) is 10. The van der Waals surface area contributed by atoms with Gasteiger partial charge in [-0.15, -0.1) is 0 Å². The van der Waals surface area contributed by atoms with Gasteiger partial charge >= 0.3 is 0 Å². The molecule has 0 spiro atoms. The Morgan fingerprint density at radius 1 is 0.506 bits per heavy atom. The Bertz CT molecular complexity index is 3610. The number of benzene rings is 9. The summed E-state index contributed by atoms with van der Waals surface area (Å²) in [4.78, 5) is 28.8. The van der Waals surface area contributed by atoms with E-state index in [4.69, 9.17) is 14.2 Å². The van der Waals surface area contributed by atoms with Gasteiger partial charge in [0.2, 0.25) is 11.1 Å². The lowest BCUT2D eigenvalue weighted by atomic mass is 9.89. The number of carbonyl (C=O) groups is 2. The second-order valence-electron chi connectivity index (χ2n) is 22.4. The average Bonchev–Trinajstić information content (AvgIpc) is 1.75. The minimum absolute atomic E-state index is 0.0117. The van der Waals surface area contributed by atoms with Gasteiger partial charge in [0.1, 0.15) is 17.2 Å². The number of fused-ring (bicyclic) bond motifs is 3. The normalized spacial score (nSPS) is 17.5. The zero-order chi connectivity index (χ0) is 63.1. The molecule has 3 heterocycles. The van der Waals surface area contributed by atoms with Crippen molar-refractivity contribution in [2.75, 3.05) is 52.0 Å². The minimum atomic E-state index is -0.361. The van der Waals surface area contributed by atoms with E-state index < -0.39 is 0 Å². The molecular formula is C76H84BrClN6O5. The van der Waals surface area contributed by atoms with Crippen molar-refractivity contribution in [3.8, 4) is 17.2 Å². The molecule has 0 bridgehead atoms. The zero-order valence-electron chi connectivity index (χ0n) is 52.4. The molecule has 0 aromatic heterocycles. The minimum Gasteiger partial charge on any atom is -0.497 e. The van der Waals surface area contributed by atoms with Gasteiger partial charge < -0.3 is 44.9 Å². The summed E-state index contributed by atoms with van der Waals surface area (Å²) in [6, 6.07) is 83.2. The van der Waals surface area contributed by atoms with Crippen molar-refractivity contribution in [1.29, 1.82) is 0 Å². The van der Waals surface area contributed by atoms with Crippen LogP contribution in [0.1, 0.15) is 105 Å². The lowest BCUT2D eigenvalue weighted by molar-refractivity contribution is -0.117. The number of rotatable bonds is 14. The van der Waals surface area contributed by atoms with Crippen molar-refractivity contribution in [3.63, 3.8) is 0 Å². The SMILES string of the molecule is CC(=O)Cl.CC1CC(Nc2ccccc2)c2ccccc2N1.COc1cccc(CBr)c1.COc1cccc(CN2c3ccccc3C(N(C(C)=O)c3ccccc3)CC2C)c1.COc1cccc(CN2c3ccccc3C(Nc3ccccc3)CC2C)c1. The van der Waals surface area contributed by atoms with Crippen molar-refractivity contribution in [1.82, 2.24) is 0 Å². The van der Waals surface area contributed by atoms with Crippen LogP contribution in [0.15, 0.2) is 237 Å². The Hall–Kier alpha value is -8.71. The Kier molecular flexibility index (Phi) is 25.0. The van der Waals surface area contributed by atoms with Gasteiger partial charge in [0.25, 0.3) is 0 Å². The molecule has 12 rings (SSSR count). The molecular weight excluding hydrogens is 1190 g/mol. The van der Waals surface area contributed by atoms with Gasteiger partial charge in [0.15, 0.2) is 0 Å². The molecule has 89 heavy (non-hydrogen) atoms. The number of ether oxygens (including phenoxy) is 3. The van der Waals surface area contributed by atoms with Crippen LogP contribution in [-0.4, -0.2) is 50.6 Å². The first-order chi connectivity index (χ1) is 43.2. The average molecular weight is 1280 g/mol. The molecule has 1 amide bonds. The summed E-state index contributed by atoms with van der Waals surface area (Å²) in [6.07, 6.45) is 3.04. The third-order valence-electron chi connectivity index (χ3n) is 15.9. The van der Waals surface area contributed by atoms with Gasteiger partial charge in [-0.2, -0.15) is 0 Å². The molecule has 9 aromatic carbocycles. The first-order valence-corrected chi connectivity index (χ1v) is 31.9. The third-order valence-corrected chi connectivity index (χ3v) is 16.6. The van der Waals surface area contributed by atoms with Crippen LogP contribution in [-0.2, 0) is 28.0 Å². The Morgan fingerprint density at radius 3 is 1.40 bits per heavy atom. The van der Waals surface area contributed by atoms with E-state index in [-0.39, 0.29) is 23.2 Å². The van der Waals surface area contributed by atoms with Gasteiger partial charge in [0.05, 0.1) is 39.5 Å². The van der Waals surface area contributed by atoms with Crippen LogP contribution in [0.5, 0.6) is 17.2 Å². The van der Waals surface area contributed by atoms with Crippen molar-refractivity contribution in [2.45, 2.75) is 109 Å². The summed E-state index contributed by atoms with van der Waals surface area (Å²) >= 11 is 8.00. The van der Waals surface area contributed by atoms with E-state index in [0.29, 0.717) is 24.2 Å². The third kappa shape index (κ3) is 18.9. The van der Waals surface area contributed by atoms with Gasteiger partial charge in [-0.3, -0.25) is 9.59 Å². The Labute approximate surface area is 541 Å². The first kappa shape index (κ1) is 66.2. The number of alkyl halides is 1. The quantitative estimate of drug-likeness (QED) is 0.0720. The van der Waals surface area contributed by atoms with Crippen LogP contribution in [0, 0.1) is 0 Å². The zero-order valence-corrected chi connectivity index (χ0v) is 54.7. The number of amides is 1. The molecule has 0 fully saturated rings. The Balaban J connectivity index is 0.000000159. The topological polar surface area (TPSA) is 108 Å². The number of para-hydroxylation sites is 6. The standard InChI is InChI=1S/C26H28N2O2.C24H26N2O.C16H18N2.C8H9BrO.C2H3ClO/c1-19-16-26(28(20(2)29)22-11-5-4-6-12-22)24-14-7-8-15-25(24)27(19)18-21-10-9-13-23(17-21)30-3;1-18-15-23(25-20-10-4-3-5-11-20)22-13-6-7-14-24(22)26(18)17-19-9-8-12-21(16-19)27-2;1-12-11-16(18-13-7-3-2-4-8-13)14-9-5-6-10-15(14)17-12;1-10-8-4-2-3-7(5-8)6-9;1-2(3)4/h4-15,17,19,26H,16,18H2,1-3H3;3-14,16,18,23,25H,15,17H2,1-2H3;2-10,12,16-18H,11H2,1H3;2-5H,6H2,1H3;1H3. The van der Waals surface area contributed by atoms with Gasteiger partial charge in [-0.1, -0.05) is 162 Å². The van der Waals surface area contributed by atoms with Crippen LogP contribution in [0.3, 0.4) is 0 Å². The first-order valence-electron chi connectivity index (χ1n) is 30.4. The summed E-state index contributed by atoms with van der Waals surface area (Å²) in [7, 11) is 5.09. The predicted octanol–water partition coefficient (Wildman–Crippen LogP) is 18.6. The van der Waals surface area contributed by atoms with Crippen molar-refractivity contribution in [3.05, 3.63) is 270 Å². The second kappa shape index (κ2) is 33.6. The largest absolute Gasteiger partial charge is 0.497 e. The van der Waals surface area contributed by atoms with E-state index in [1.807, 2.05) is 77.7 Å². The maximum atomic E-state index is 12.7. The molecule has 3 N–H and O–H groups in total. The number of anilines is 6. The molecule has 462 valence electrons. The fourth-order valence-electron chi connectivity index (χ4n) is 11.8. The summed E-state index contributed by atoms with van der Waals surface area (Å²) in [5, 5.41) is 11.4. The number of carbonyl (C=O) groups excluding carboxylic acids is 2. The van der Waals surface area contributed by atoms with Crippen LogP contribution < -0.4 is 44.9 Å². The number of methoxy groups -OCH3 is 3. The number of hydrogen-bond donors (Lipinski definition) is 3. The van der Waals surface area contributed by atoms with Crippen LogP contribution in [0.4, 0.5) is 34.1 Å². The van der Waals surface area contributed by atoms with Gasteiger partial charge in [-0.25, -0.2) is 0 Å². The van der Waals surface area contributed by atoms with E-state index in [2.05, 4.69) is 238 Å². The predicted molar refractivity (Wildman–Crippen MR) is 374 cm³/mol. The van der Waals surface area contributed by atoms with E-state index in [1.165, 1.54) is 68.7 Å². The molecule has 3 aliphatic rings. The molecule has 0 saturated heterocycles. The van der Waals surface area contributed by atoms with Gasteiger partial charge in [0, 0.05) is 84.5 Å². The van der Waals surface area contributed by atoms with Crippen molar-refractivity contribution < 1.29 is 23.8 Å². The lowest BCUT2D eigenvalue weighted by Crippen LogP contribution is -2.44. The molecule has 11 nitrogen and oxygen atoms in total. The summed E-state index contributed by atoms with van der Waals surface area (Å²) in [5.41, 5.74) is 14.7. The summed E-state index contributed by atoms with van der Waals surface area (Å²) in [5.74, 6) is 2.76. The molecule has 13 heteroatoms. The smallest absolute Gasteiger partial charge is 0.224 e. The maximum Gasteiger partial charge on any atom is 0.224 e. The number of nitrogens with zero attached hydrogens (tertiary/aromatic N) is 3. The molecule has 0 aliphatic carbocycles. The summed E-state index contributed by atoms with van der Waals surface area (Å²) < 4.78 is 15.8. The highest BCUT2D eigenvalue weighted by Crippen LogP contribution is 2.44. The maximum absolute atomic E-state index is 12.7. The number of nitrogens with one attached hydrogen (secondary N) is 3. The van der Waals surface area contributed by atoms with Crippen LogP contribution >= 0.6 is 27.5 Å². The number of halogens is 2. The second-order valence-corrected chi connectivity index (χ2v) is 23.5. The highest BCUT2D eigenvalue weighted by Gasteiger charge is 2.36. The van der Waals surface area contributed by atoms with Crippen LogP contribution in [0.2, 0.25) is 0 Å². The Morgan fingerprint density at radius 2 is 0.910 bits per heavy atom. The molecule has 6 unspecified atom stereocenters. The molecule has 9 aromatic rings. The fraction of sp³-hybridized carbons (Fsp3) is 0.263. The monoisotopic (exact) mass is 1270 g/mol. The van der Waals surface area contributed by atoms with Crippen molar-refractivity contribution >= 4 is 72.8 Å². The molecule has 0 saturated carbocycles. The molecule has 6 atom stereocenters. The highest BCUT2D eigenvalue weighted by atomic mass is 79.9.